The topological polar surface area (TPSA) is 67.8 Å². The summed E-state index contributed by atoms with van der Waals surface area (Å²) in [4.78, 5) is 24.8. The lowest BCUT2D eigenvalue weighted by atomic mass is 10.1. The molecular weight excluding hydrogens is 367 g/mol. The summed E-state index contributed by atoms with van der Waals surface area (Å²) >= 11 is 5.91. The van der Waals surface area contributed by atoms with Crippen molar-refractivity contribution >= 4 is 34.1 Å². The molecule has 5 nitrogen and oxygen atoms in total. The molecule has 0 bridgehead atoms. The summed E-state index contributed by atoms with van der Waals surface area (Å²) in [7, 11) is 0. The molecule has 0 fully saturated rings. The maximum Gasteiger partial charge on any atom is 0.256 e. The highest BCUT2D eigenvalue weighted by Crippen LogP contribution is 2.25. The lowest BCUT2D eigenvalue weighted by molar-refractivity contribution is 0.102. The minimum atomic E-state index is -0.396. The van der Waals surface area contributed by atoms with Gasteiger partial charge in [-0.3, -0.25) is 9.78 Å². The lowest BCUT2D eigenvalue weighted by Gasteiger charge is -2.07. The summed E-state index contributed by atoms with van der Waals surface area (Å²) in [5.74, 6) is -0.364. The third kappa shape index (κ3) is 3.75. The molecule has 7 heteroatoms. The zero-order valence-corrected chi connectivity index (χ0v) is 14.6. The Morgan fingerprint density at radius 1 is 0.963 bits per heavy atom. The third-order valence-electron chi connectivity index (χ3n) is 3.97. The number of halogens is 2. The lowest BCUT2D eigenvalue weighted by Crippen LogP contribution is -2.12. The van der Waals surface area contributed by atoms with E-state index in [2.05, 4.69) is 20.3 Å². The summed E-state index contributed by atoms with van der Waals surface area (Å²) in [5, 5.41) is 4.82. The van der Waals surface area contributed by atoms with Crippen molar-refractivity contribution in [3.05, 3.63) is 83.7 Å². The maximum absolute atomic E-state index is 13.0. The third-order valence-corrected chi connectivity index (χ3v) is 4.15. The van der Waals surface area contributed by atoms with E-state index < -0.39 is 5.82 Å². The van der Waals surface area contributed by atoms with E-state index in [1.807, 2.05) is 18.2 Å². The van der Waals surface area contributed by atoms with Gasteiger partial charge in [0.1, 0.15) is 16.8 Å². The van der Waals surface area contributed by atoms with E-state index in [0.29, 0.717) is 22.2 Å². The predicted molar refractivity (Wildman–Crippen MR) is 102 cm³/mol. The molecule has 0 saturated carbocycles. The van der Waals surface area contributed by atoms with Gasteiger partial charge in [0, 0.05) is 22.7 Å². The second-order valence-corrected chi connectivity index (χ2v) is 6.21. The number of rotatable bonds is 3. The Bertz CT molecular complexity index is 1150. The van der Waals surface area contributed by atoms with Crippen molar-refractivity contribution in [2.24, 2.45) is 0 Å². The molecule has 0 aliphatic carbocycles. The van der Waals surface area contributed by atoms with E-state index in [9.17, 15) is 9.18 Å². The van der Waals surface area contributed by atoms with Crippen LogP contribution in [-0.4, -0.2) is 20.9 Å². The molecule has 27 heavy (non-hydrogen) atoms. The quantitative estimate of drug-likeness (QED) is 0.559. The molecule has 0 saturated heterocycles. The highest BCUT2D eigenvalue weighted by molar-refractivity contribution is 6.29. The number of pyridine rings is 1. The van der Waals surface area contributed by atoms with Crippen LogP contribution in [0.15, 0.2) is 67.1 Å². The van der Waals surface area contributed by atoms with Crippen molar-refractivity contribution in [1.29, 1.82) is 0 Å². The molecule has 4 aromatic rings. The number of carbonyl (C=O) groups is 1. The molecule has 2 aromatic heterocycles. The number of hydrogen-bond acceptors (Lipinski definition) is 4. The number of anilines is 1. The first kappa shape index (κ1) is 17.1. The van der Waals surface area contributed by atoms with Crippen LogP contribution in [0.5, 0.6) is 0 Å². The Hall–Kier alpha value is -3.38. The number of amides is 1. The van der Waals surface area contributed by atoms with Crippen LogP contribution < -0.4 is 5.32 Å². The molecule has 0 aliphatic rings. The molecule has 0 unspecified atom stereocenters. The SMILES string of the molecule is O=C(Nc1cc2cc(-c3cncc(Cl)n3)ccc2cn1)c1ccc(F)cc1. The van der Waals surface area contributed by atoms with Gasteiger partial charge in [-0.1, -0.05) is 23.7 Å². The number of aromatic nitrogens is 3. The Morgan fingerprint density at radius 2 is 1.78 bits per heavy atom. The van der Waals surface area contributed by atoms with Crippen LogP contribution in [0.2, 0.25) is 5.15 Å². The number of benzene rings is 2. The van der Waals surface area contributed by atoms with E-state index in [-0.39, 0.29) is 5.91 Å². The molecule has 0 atom stereocenters. The first-order chi connectivity index (χ1) is 13.1. The number of nitrogens with one attached hydrogen (secondary N) is 1. The molecule has 132 valence electrons. The summed E-state index contributed by atoms with van der Waals surface area (Å²) < 4.78 is 13.0. The average molecular weight is 379 g/mol. The van der Waals surface area contributed by atoms with E-state index in [1.54, 1.807) is 18.5 Å². The van der Waals surface area contributed by atoms with Crippen LogP contribution in [0.3, 0.4) is 0 Å². The van der Waals surface area contributed by atoms with Crippen LogP contribution in [0.4, 0.5) is 10.2 Å². The summed E-state index contributed by atoms with van der Waals surface area (Å²) in [6.07, 6.45) is 4.77. The minimum Gasteiger partial charge on any atom is -0.307 e. The molecule has 0 radical (unpaired) electrons. The summed E-state index contributed by atoms with van der Waals surface area (Å²) in [5.41, 5.74) is 1.85. The van der Waals surface area contributed by atoms with Crippen LogP contribution >= 0.6 is 11.6 Å². The number of carbonyl (C=O) groups excluding carboxylic acids is 1. The highest BCUT2D eigenvalue weighted by atomic mass is 35.5. The van der Waals surface area contributed by atoms with Crippen molar-refractivity contribution in [2.45, 2.75) is 0 Å². The Labute approximate surface area is 158 Å². The van der Waals surface area contributed by atoms with Crippen molar-refractivity contribution in [2.75, 3.05) is 5.32 Å². The molecule has 0 aliphatic heterocycles. The van der Waals surface area contributed by atoms with E-state index >= 15 is 0 Å². The van der Waals surface area contributed by atoms with Crippen LogP contribution in [0.1, 0.15) is 10.4 Å². The van der Waals surface area contributed by atoms with Crippen molar-refractivity contribution < 1.29 is 9.18 Å². The van der Waals surface area contributed by atoms with Gasteiger partial charge < -0.3 is 5.32 Å². The second-order valence-electron chi connectivity index (χ2n) is 5.82. The Kier molecular flexibility index (Phi) is 4.48. The molecule has 0 spiro atoms. The van der Waals surface area contributed by atoms with Gasteiger partial charge in [0.15, 0.2) is 0 Å². The fourth-order valence-corrected chi connectivity index (χ4v) is 2.79. The van der Waals surface area contributed by atoms with Gasteiger partial charge in [-0.2, -0.15) is 0 Å². The van der Waals surface area contributed by atoms with Crippen molar-refractivity contribution in [1.82, 2.24) is 15.0 Å². The average Bonchev–Trinajstić information content (AvgIpc) is 2.68. The maximum atomic E-state index is 13.0. The van der Waals surface area contributed by atoms with E-state index in [0.717, 1.165) is 16.3 Å². The van der Waals surface area contributed by atoms with E-state index in [1.165, 1.54) is 30.5 Å². The highest BCUT2D eigenvalue weighted by Gasteiger charge is 2.09. The van der Waals surface area contributed by atoms with Gasteiger partial charge in [0.2, 0.25) is 0 Å². The minimum absolute atomic E-state index is 0.314. The fraction of sp³-hybridized carbons (Fsp3) is 0. The van der Waals surface area contributed by atoms with Gasteiger partial charge in [-0.05, 0) is 41.8 Å². The zero-order chi connectivity index (χ0) is 18.8. The summed E-state index contributed by atoms with van der Waals surface area (Å²) in [6.45, 7) is 0. The van der Waals surface area contributed by atoms with E-state index in [4.69, 9.17) is 11.6 Å². The molecule has 2 heterocycles. The molecule has 1 amide bonds. The monoisotopic (exact) mass is 378 g/mol. The summed E-state index contributed by atoms with van der Waals surface area (Å²) in [6, 6.07) is 12.8. The number of nitrogens with zero attached hydrogens (tertiary/aromatic N) is 3. The van der Waals surface area contributed by atoms with Crippen LogP contribution in [0, 0.1) is 5.82 Å². The van der Waals surface area contributed by atoms with Crippen LogP contribution in [-0.2, 0) is 0 Å². The largest absolute Gasteiger partial charge is 0.307 e. The second kappa shape index (κ2) is 7.09. The molecular formula is C20H12ClFN4O. The normalized spacial score (nSPS) is 10.7. The van der Waals surface area contributed by atoms with Crippen molar-refractivity contribution in [3.63, 3.8) is 0 Å². The number of fused-ring (bicyclic) bond motifs is 1. The Balaban J connectivity index is 1.64. The molecule has 2 aromatic carbocycles. The van der Waals surface area contributed by atoms with Gasteiger partial charge in [-0.25, -0.2) is 14.4 Å². The van der Waals surface area contributed by atoms with Gasteiger partial charge in [-0.15, -0.1) is 0 Å². The first-order valence-electron chi connectivity index (χ1n) is 8.03. The van der Waals surface area contributed by atoms with Crippen molar-refractivity contribution in [3.8, 4) is 11.3 Å². The van der Waals surface area contributed by atoms with Gasteiger partial charge in [0.05, 0.1) is 18.1 Å². The van der Waals surface area contributed by atoms with Crippen LogP contribution in [0.25, 0.3) is 22.0 Å². The molecule has 4 rings (SSSR count). The fourth-order valence-electron chi connectivity index (χ4n) is 2.64. The standard InChI is InChI=1S/C20H12ClFN4O/c21-18-11-23-10-17(25-18)13-1-2-14-9-24-19(8-15(14)7-13)26-20(27)12-3-5-16(22)6-4-12/h1-11H,(H,24,26,27). The van der Waals surface area contributed by atoms with Gasteiger partial charge in [0.25, 0.3) is 5.91 Å². The smallest absolute Gasteiger partial charge is 0.256 e. The van der Waals surface area contributed by atoms with Gasteiger partial charge >= 0.3 is 0 Å². The first-order valence-corrected chi connectivity index (χ1v) is 8.41. The molecule has 1 N–H and O–H groups in total. The zero-order valence-electron chi connectivity index (χ0n) is 13.9. The number of hydrogen-bond donors (Lipinski definition) is 1. The Morgan fingerprint density at radius 3 is 2.56 bits per heavy atom. The predicted octanol–water partition coefficient (Wildman–Crippen LogP) is 4.74.